The summed E-state index contributed by atoms with van der Waals surface area (Å²) in [4.78, 5) is 21.9. The summed E-state index contributed by atoms with van der Waals surface area (Å²) in [6, 6.07) is -1.25. The first-order valence-electron chi connectivity index (χ1n) is 4.18. The highest BCUT2D eigenvalue weighted by Gasteiger charge is 2.29. The SMILES string of the molecule is CNC(C)(C)C(=O)N[C@@H](CO)C(=O)O. The number of carboxylic acid groups (broad SMARTS) is 1. The number of carbonyl (C=O) groups excluding carboxylic acids is 1. The van der Waals surface area contributed by atoms with Crippen molar-refractivity contribution >= 4 is 11.9 Å². The van der Waals surface area contributed by atoms with E-state index in [1.165, 1.54) is 0 Å². The summed E-state index contributed by atoms with van der Waals surface area (Å²) in [5, 5.41) is 22.2. The number of amides is 1. The van der Waals surface area contributed by atoms with Crippen LogP contribution in [0, 0.1) is 0 Å². The average molecular weight is 204 g/mol. The number of aliphatic carboxylic acids is 1. The first kappa shape index (κ1) is 12.9. The number of aliphatic hydroxyl groups excluding tert-OH is 1. The van der Waals surface area contributed by atoms with Crippen LogP contribution in [0.1, 0.15) is 13.8 Å². The molecule has 0 fully saturated rings. The molecule has 0 spiro atoms. The maximum atomic E-state index is 11.4. The lowest BCUT2D eigenvalue weighted by Gasteiger charge is -2.24. The minimum Gasteiger partial charge on any atom is -0.480 e. The Labute approximate surface area is 82.3 Å². The van der Waals surface area contributed by atoms with Gasteiger partial charge in [0.2, 0.25) is 5.91 Å². The zero-order valence-corrected chi connectivity index (χ0v) is 8.50. The van der Waals surface area contributed by atoms with Crippen LogP contribution in [-0.4, -0.2) is 47.3 Å². The van der Waals surface area contributed by atoms with Crippen LogP contribution in [0.25, 0.3) is 0 Å². The van der Waals surface area contributed by atoms with Gasteiger partial charge in [0.25, 0.3) is 0 Å². The van der Waals surface area contributed by atoms with Gasteiger partial charge in [0.05, 0.1) is 12.1 Å². The molecule has 1 amide bonds. The second-order valence-corrected chi connectivity index (χ2v) is 3.42. The zero-order chi connectivity index (χ0) is 11.4. The molecule has 0 aromatic rings. The molecule has 0 unspecified atom stereocenters. The molecule has 0 aliphatic carbocycles. The first-order valence-corrected chi connectivity index (χ1v) is 4.18. The van der Waals surface area contributed by atoms with E-state index in [-0.39, 0.29) is 0 Å². The molecule has 0 bridgehead atoms. The molecule has 0 rings (SSSR count). The third kappa shape index (κ3) is 3.31. The van der Waals surface area contributed by atoms with Gasteiger partial charge in [-0.3, -0.25) is 4.79 Å². The number of hydrogen-bond donors (Lipinski definition) is 4. The van der Waals surface area contributed by atoms with Crippen LogP contribution in [0.3, 0.4) is 0 Å². The summed E-state index contributed by atoms with van der Waals surface area (Å²) in [5.41, 5.74) is -0.858. The van der Waals surface area contributed by atoms with Crippen LogP contribution < -0.4 is 10.6 Å². The van der Waals surface area contributed by atoms with E-state index in [2.05, 4.69) is 10.6 Å². The minimum atomic E-state index is -1.26. The van der Waals surface area contributed by atoms with Crippen LogP contribution >= 0.6 is 0 Å². The van der Waals surface area contributed by atoms with Crippen LogP contribution in [0.2, 0.25) is 0 Å². The van der Waals surface area contributed by atoms with Crippen molar-refractivity contribution in [1.29, 1.82) is 0 Å². The molecular weight excluding hydrogens is 188 g/mol. The first-order chi connectivity index (χ1) is 6.35. The fourth-order valence-electron chi connectivity index (χ4n) is 0.638. The number of hydrogen-bond acceptors (Lipinski definition) is 4. The van der Waals surface area contributed by atoms with Crippen molar-refractivity contribution in [3.63, 3.8) is 0 Å². The van der Waals surface area contributed by atoms with Gasteiger partial charge < -0.3 is 20.8 Å². The van der Waals surface area contributed by atoms with Crippen LogP contribution in [0.4, 0.5) is 0 Å². The van der Waals surface area contributed by atoms with E-state index in [0.29, 0.717) is 0 Å². The number of rotatable bonds is 5. The summed E-state index contributed by atoms with van der Waals surface area (Å²) in [7, 11) is 1.59. The molecule has 0 heterocycles. The summed E-state index contributed by atoms with van der Waals surface area (Å²) in [6.07, 6.45) is 0. The molecule has 0 saturated carbocycles. The van der Waals surface area contributed by atoms with Gasteiger partial charge in [0, 0.05) is 0 Å². The highest BCUT2D eigenvalue weighted by Crippen LogP contribution is 2.01. The van der Waals surface area contributed by atoms with E-state index < -0.39 is 30.1 Å². The topological polar surface area (TPSA) is 98.7 Å². The Hall–Kier alpha value is -1.14. The maximum Gasteiger partial charge on any atom is 0.328 e. The van der Waals surface area contributed by atoms with E-state index in [1.807, 2.05) is 0 Å². The Morgan fingerprint density at radius 2 is 1.93 bits per heavy atom. The van der Waals surface area contributed by atoms with Gasteiger partial charge >= 0.3 is 5.97 Å². The molecule has 82 valence electrons. The van der Waals surface area contributed by atoms with Crippen LogP contribution in [0.15, 0.2) is 0 Å². The number of nitrogens with one attached hydrogen (secondary N) is 2. The van der Waals surface area contributed by atoms with Crippen molar-refractivity contribution in [2.24, 2.45) is 0 Å². The quantitative estimate of drug-likeness (QED) is 0.439. The average Bonchev–Trinajstić information content (AvgIpc) is 2.12. The molecule has 0 aliphatic heterocycles. The standard InChI is InChI=1S/C8H16N2O4/c1-8(2,9-3)7(14)10-5(4-11)6(12)13/h5,9,11H,4H2,1-3H3,(H,10,14)(H,12,13)/t5-/m0/s1. The fourth-order valence-corrected chi connectivity index (χ4v) is 0.638. The predicted molar refractivity (Wildman–Crippen MR) is 49.8 cm³/mol. The lowest BCUT2D eigenvalue weighted by Crippen LogP contribution is -2.56. The summed E-state index contributed by atoms with van der Waals surface area (Å²) >= 11 is 0. The Balaban J connectivity index is 4.37. The van der Waals surface area contributed by atoms with E-state index >= 15 is 0 Å². The lowest BCUT2D eigenvalue weighted by atomic mass is 10.0. The van der Waals surface area contributed by atoms with Crippen molar-refractivity contribution in [3.8, 4) is 0 Å². The number of aliphatic hydroxyl groups is 1. The monoisotopic (exact) mass is 204 g/mol. The number of carboxylic acids is 1. The summed E-state index contributed by atoms with van der Waals surface area (Å²) in [6.45, 7) is 2.60. The molecule has 0 saturated heterocycles. The largest absolute Gasteiger partial charge is 0.480 e. The Morgan fingerprint density at radius 1 is 1.43 bits per heavy atom. The molecule has 6 heteroatoms. The van der Waals surface area contributed by atoms with Crippen molar-refractivity contribution in [2.45, 2.75) is 25.4 Å². The molecule has 4 N–H and O–H groups in total. The highest BCUT2D eigenvalue weighted by molar-refractivity contribution is 5.89. The molecule has 0 aromatic carbocycles. The Kier molecular flexibility index (Phi) is 4.52. The predicted octanol–water partition coefficient (Wildman–Crippen LogP) is -1.45. The minimum absolute atomic E-state index is 0.471. The Morgan fingerprint density at radius 3 is 2.21 bits per heavy atom. The van der Waals surface area contributed by atoms with Crippen molar-refractivity contribution in [2.75, 3.05) is 13.7 Å². The Bertz CT molecular complexity index is 227. The summed E-state index contributed by atoms with van der Waals surface area (Å²) < 4.78 is 0. The molecule has 14 heavy (non-hydrogen) atoms. The number of likely N-dealkylation sites (N-methyl/N-ethyl adjacent to an activating group) is 1. The van der Waals surface area contributed by atoms with Gasteiger partial charge in [-0.25, -0.2) is 4.79 Å². The second-order valence-electron chi connectivity index (χ2n) is 3.42. The molecule has 1 atom stereocenters. The van der Waals surface area contributed by atoms with E-state index in [9.17, 15) is 9.59 Å². The van der Waals surface area contributed by atoms with E-state index in [1.54, 1.807) is 20.9 Å². The van der Waals surface area contributed by atoms with Crippen molar-refractivity contribution in [3.05, 3.63) is 0 Å². The fraction of sp³-hybridized carbons (Fsp3) is 0.750. The van der Waals surface area contributed by atoms with Gasteiger partial charge in [0.15, 0.2) is 0 Å². The molecular formula is C8H16N2O4. The lowest BCUT2D eigenvalue weighted by molar-refractivity contribution is -0.143. The third-order valence-corrected chi connectivity index (χ3v) is 1.98. The second kappa shape index (κ2) is 4.92. The zero-order valence-electron chi connectivity index (χ0n) is 8.50. The molecule has 0 radical (unpaired) electrons. The highest BCUT2D eigenvalue weighted by atomic mass is 16.4. The number of carbonyl (C=O) groups is 2. The van der Waals surface area contributed by atoms with Gasteiger partial charge in [0.1, 0.15) is 6.04 Å². The van der Waals surface area contributed by atoms with E-state index in [4.69, 9.17) is 10.2 Å². The molecule has 0 aliphatic rings. The van der Waals surface area contributed by atoms with Crippen molar-refractivity contribution in [1.82, 2.24) is 10.6 Å². The van der Waals surface area contributed by atoms with E-state index in [0.717, 1.165) is 0 Å². The molecule has 0 aromatic heterocycles. The van der Waals surface area contributed by atoms with Gasteiger partial charge in [-0.05, 0) is 20.9 Å². The van der Waals surface area contributed by atoms with Crippen LogP contribution in [0.5, 0.6) is 0 Å². The van der Waals surface area contributed by atoms with Gasteiger partial charge in [-0.2, -0.15) is 0 Å². The third-order valence-electron chi connectivity index (χ3n) is 1.98. The summed E-state index contributed by atoms with van der Waals surface area (Å²) in [5.74, 6) is -1.73. The smallest absolute Gasteiger partial charge is 0.328 e. The van der Waals surface area contributed by atoms with Gasteiger partial charge in [-0.15, -0.1) is 0 Å². The van der Waals surface area contributed by atoms with Crippen molar-refractivity contribution < 1.29 is 19.8 Å². The molecule has 6 nitrogen and oxygen atoms in total. The maximum absolute atomic E-state index is 11.4. The van der Waals surface area contributed by atoms with Gasteiger partial charge in [-0.1, -0.05) is 0 Å². The normalized spacial score (nSPS) is 13.4. The van der Waals surface area contributed by atoms with Crippen LogP contribution in [-0.2, 0) is 9.59 Å².